The topological polar surface area (TPSA) is 25.8 Å². The number of aromatic nitrogens is 2. The monoisotopic (exact) mass is 276 g/mol. The van der Waals surface area contributed by atoms with E-state index in [0.29, 0.717) is 0 Å². The zero-order chi connectivity index (χ0) is 13.4. The molecule has 2 heterocycles. The van der Waals surface area contributed by atoms with E-state index >= 15 is 0 Å². The second kappa shape index (κ2) is 4.69. The molecule has 0 unspecified atom stereocenters. The van der Waals surface area contributed by atoms with Gasteiger partial charge in [0.25, 0.3) is 0 Å². The van der Waals surface area contributed by atoms with E-state index in [1.54, 1.807) is 17.7 Å². The second-order valence-corrected chi connectivity index (χ2v) is 5.81. The summed E-state index contributed by atoms with van der Waals surface area (Å²) in [5.74, 6) is 0. The van der Waals surface area contributed by atoms with Gasteiger partial charge in [0.15, 0.2) is 0 Å². The van der Waals surface area contributed by atoms with E-state index in [4.69, 9.17) is 0 Å². The minimum Gasteiger partial charge on any atom is -0.240 e. The van der Waals surface area contributed by atoms with Crippen molar-refractivity contribution in [2.75, 3.05) is 0 Å². The van der Waals surface area contributed by atoms with Crippen LogP contribution in [0.1, 0.15) is 11.3 Å². The summed E-state index contributed by atoms with van der Waals surface area (Å²) in [6.45, 7) is 0. The Morgan fingerprint density at radius 2 is 1.65 bits per heavy atom. The average molecular weight is 276 g/mol. The lowest BCUT2D eigenvalue weighted by molar-refractivity contribution is 1.07. The fourth-order valence-corrected chi connectivity index (χ4v) is 3.63. The van der Waals surface area contributed by atoms with Gasteiger partial charge in [-0.25, -0.2) is 9.97 Å². The van der Waals surface area contributed by atoms with Crippen molar-refractivity contribution < 1.29 is 0 Å². The lowest BCUT2D eigenvalue weighted by Gasteiger charge is -2.01. The highest BCUT2D eigenvalue weighted by molar-refractivity contribution is 7.25. The van der Waals surface area contributed by atoms with Gasteiger partial charge in [0.2, 0.25) is 0 Å². The Morgan fingerprint density at radius 3 is 2.55 bits per heavy atom. The first kappa shape index (κ1) is 11.6. The summed E-state index contributed by atoms with van der Waals surface area (Å²) in [6, 6.07) is 18.9. The summed E-state index contributed by atoms with van der Waals surface area (Å²) in [4.78, 5) is 8.97. The molecular weight excluding hydrogens is 264 g/mol. The second-order valence-electron chi connectivity index (χ2n) is 4.76. The highest BCUT2D eigenvalue weighted by Crippen LogP contribution is 2.34. The van der Waals surface area contributed by atoms with Gasteiger partial charge in [-0.05, 0) is 11.6 Å². The molecule has 0 aliphatic rings. The van der Waals surface area contributed by atoms with Crippen molar-refractivity contribution in [3.8, 4) is 0 Å². The summed E-state index contributed by atoms with van der Waals surface area (Å²) in [7, 11) is 0. The predicted octanol–water partition coefficient (Wildman–Crippen LogP) is 4.44. The lowest BCUT2D eigenvalue weighted by atomic mass is 10.1. The molecule has 2 nitrogen and oxygen atoms in total. The van der Waals surface area contributed by atoms with Crippen LogP contribution in [0.2, 0.25) is 0 Å². The molecule has 0 aliphatic carbocycles. The number of thiophene rings is 1. The predicted molar refractivity (Wildman–Crippen MR) is 84.2 cm³/mol. The third-order valence-corrected chi connectivity index (χ3v) is 4.66. The molecule has 0 N–H and O–H groups in total. The Morgan fingerprint density at radius 1 is 0.850 bits per heavy atom. The fraction of sp³-hybridized carbons (Fsp3) is 0.0588. The zero-order valence-electron chi connectivity index (χ0n) is 10.8. The minimum atomic E-state index is 0.854. The van der Waals surface area contributed by atoms with Crippen LogP contribution in [0.15, 0.2) is 60.9 Å². The van der Waals surface area contributed by atoms with Crippen LogP contribution in [-0.2, 0) is 6.42 Å². The van der Waals surface area contributed by atoms with E-state index < -0.39 is 0 Å². The van der Waals surface area contributed by atoms with Gasteiger partial charge >= 0.3 is 0 Å². The fourth-order valence-electron chi connectivity index (χ4n) is 2.49. The molecule has 4 aromatic rings. The minimum absolute atomic E-state index is 0.854. The van der Waals surface area contributed by atoms with Gasteiger partial charge in [-0.3, -0.25) is 0 Å². The molecule has 0 spiro atoms. The molecule has 0 fully saturated rings. The van der Waals surface area contributed by atoms with Crippen LogP contribution in [0.5, 0.6) is 0 Å². The largest absolute Gasteiger partial charge is 0.240 e. The van der Waals surface area contributed by atoms with Crippen LogP contribution >= 0.6 is 11.3 Å². The van der Waals surface area contributed by atoms with Gasteiger partial charge in [0.1, 0.15) is 6.33 Å². The molecule has 20 heavy (non-hydrogen) atoms. The Bertz CT molecular complexity index is 881. The molecule has 0 atom stereocenters. The first-order chi connectivity index (χ1) is 9.92. The van der Waals surface area contributed by atoms with Gasteiger partial charge in [-0.15, -0.1) is 11.3 Å². The molecule has 3 heteroatoms. The molecular formula is C17H12N2S. The third-order valence-electron chi connectivity index (χ3n) is 3.45. The number of nitrogens with zero attached hydrogens (tertiary/aromatic N) is 2. The highest BCUT2D eigenvalue weighted by atomic mass is 32.1. The number of hydrogen-bond donors (Lipinski definition) is 0. The number of rotatable bonds is 2. The van der Waals surface area contributed by atoms with Crippen molar-refractivity contribution in [1.29, 1.82) is 0 Å². The summed E-state index contributed by atoms with van der Waals surface area (Å²) in [5, 5.41) is 1.23. The van der Waals surface area contributed by atoms with Gasteiger partial charge in [-0.2, -0.15) is 0 Å². The summed E-state index contributed by atoms with van der Waals surface area (Å²) >= 11 is 1.78. The standard InChI is InChI=1S/C17H12N2S/c1-2-6-12(7-3-1)10-14-17-16(19-11-18-14)13-8-4-5-9-15(13)20-17/h1-9,11H,10H2. The van der Waals surface area contributed by atoms with Crippen LogP contribution in [-0.4, -0.2) is 9.97 Å². The molecule has 2 aromatic heterocycles. The van der Waals surface area contributed by atoms with Crippen LogP contribution in [0, 0.1) is 0 Å². The maximum absolute atomic E-state index is 4.50. The normalized spacial score (nSPS) is 11.2. The average Bonchev–Trinajstić information content (AvgIpc) is 2.88. The smallest absolute Gasteiger partial charge is 0.116 e. The van der Waals surface area contributed by atoms with Crippen molar-refractivity contribution in [1.82, 2.24) is 9.97 Å². The van der Waals surface area contributed by atoms with Crippen LogP contribution < -0.4 is 0 Å². The number of fused-ring (bicyclic) bond motifs is 3. The zero-order valence-corrected chi connectivity index (χ0v) is 11.6. The van der Waals surface area contributed by atoms with Crippen molar-refractivity contribution in [3.63, 3.8) is 0 Å². The first-order valence-electron chi connectivity index (χ1n) is 6.57. The maximum Gasteiger partial charge on any atom is 0.116 e. The molecule has 0 saturated heterocycles. The van der Waals surface area contributed by atoms with Crippen molar-refractivity contribution in [2.45, 2.75) is 6.42 Å². The van der Waals surface area contributed by atoms with E-state index in [-0.39, 0.29) is 0 Å². The molecule has 0 saturated carbocycles. The molecule has 0 bridgehead atoms. The Labute approximate surface area is 120 Å². The molecule has 0 amide bonds. The molecule has 96 valence electrons. The first-order valence-corrected chi connectivity index (χ1v) is 7.38. The molecule has 2 aromatic carbocycles. The summed E-state index contributed by atoms with van der Waals surface area (Å²) in [6.07, 6.45) is 2.53. The Balaban J connectivity index is 1.91. The SMILES string of the molecule is c1ccc(Cc2ncnc3c2sc2ccccc23)cc1. The van der Waals surface area contributed by atoms with Crippen LogP contribution in [0.3, 0.4) is 0 Å². The summed E-state index contributed by atoms with van der Waals surface area (Å²) < 4.78 is 2.48. The van der Waals surface area contributed by atoms with Crippen LogP contribution in [0.25, 0.3) is 20.3 Å². The maximum atomic E-state index is 4.50. The highest BCUT2D eigenvalue weighted by Gasteiger charge is 2.10. The van der Waals surface area contributed by atoms with E-state index in [1.807, 2.05) is 6.07 Å². The molecule has 0 aliphatic heterocycles. The van der Waals surface area contributed by atoms with Gasteiger partial charge < -0.3 is 0 Å². The van der Waals surface area contributed by atoms with Gasteiger partial charge in [0.05, 0.1) is 15.9 Å². The number of hydrogen-bond acceptors (Lipinski definition) is 3. The van der Waals surface area contributed by atoms with E-state index in [2.05, 4.69) is 58.5 Å². The molecule has 4 rings (SSSR count). The number of benzene rings is 2. The Hall–Kier alpha value is -2.26. The van der Waals surface area contributed by atoms with E-state index in [1.165, 1.54) is 20.3 Å². The summed E-state index contributed by atoms with van der Waals surface area (Å²) in [5.41, 5.74) is 3.47. The van der Waals surface area contributed by atoms with Gasteiger partial charge in [0, 0.05) is 16.5 Å². The van der Waals surface area contributed by atoms with E-state index in [0.717, 1.165) is 17.6 Å². The quantitative estimate of drug-likeness (QED) is 0.541. The van der Waals surface area contributed by atoms with Crippen molar-refractivity contribution >= 4 is 31.6 Å². The third kappa shape index (κ3) is 1.87. The van der Waals surface area contributed by atoms with Gasteiger partial charge in [-0.1, -0.05) is 48.5 Å². The lowest BCUT2D eigenvalue weighted by Crippen LogP contribution is -1.93. The van der Waals surface area contributed by atoms with E-state index in [9.17, 15) is 0 Å². The van der Waals surface area contributed by atoms with Crippen LogP contribution in [0.4, 0.5) is 0 Å². The van der Waals surface area contributed by atoms with Crippen molar-refractivity contribution in [2.24, 2.45) is 0 Å². The van der Waals surface area contributed by atoms with Crippen molar-refractivity contribution in [3.05, 3.63) is 72.2 Å². The molecule has 0 radical (unpaired) electrons. The Kier molecular flexibility index (Phi) is 2.71.